The Kier molecular flexibility index (Phi) is 9.13. The molecule has 8 heteroatoms. The Morgan fingerprint density at radius 2 is 1.72 bits per heavy atom. The summed E-state index contributed by atoms with van der Waals surface area (Å²) in [4.78, 5) is 29.6. The molecule has 0 aliphatic carbocycles. The van der Waals surface area contributed by atoms with Gasteiger partial charge in [-0.15, -0.1) is 0 Å². The van der Waals surface area contributed by atoms with E-state index in [2.05, 4.69) is 10.2 Å². The molecular weight excluding hydrogens is 458 g/mol. The van der Waals surface area contributed by atoms with Crippen molar-refractivity contribution in [2.75, 3.05) is 51.4 Å². The van der Waals surface area contributed by atoms with Crippen molar-refractivity contribution in [3.8, 4) is 5.75 Å². The van der Waals surface area contributed by atoms with Crippen molar-refractivity contribution in [1.29, 1.82) is 0 Å². The lowest BCUT2D eigenvalue weighted by atomic mass is 10.1. The second-order valence-electron chi connectivity index (χ2n) is 8.72. The van der Waals surface area contributed by atoms with E-state index in [-0.39, 0.29) is 17.6 Å². The van der Waals surface area contributed by atoms with Gasteiger partial charge in [0.2, 0.25) is 5.91 Å². The van der Waals surface area contributed by atoms with E-state index in [0.29, 0.717) is 19.5 Å². The summed E-state index contributed by atoms with van der Waals surface area (Å²) in [6.45, 7) is 5.47. The number of nitrogens with one attached hydrogen (secondary N) is 1. The number of hydrogen-bond donors (Lipinski definition) is 1. The highest BCUT2D eigenvalue weighted by Gasteiger charge is 2.21. The van der Waals surface area contributed by atoms with Gasteiger partial charge in [0, 0.05) is 25.3 Å². The summed E-state index contributed by atoms with van der Waals surface area (Å²) in [6, 6.07) is 18.5. The van der Waals surface area contributed by atoms with Gasteiger partial charge in [-0.1, -0.05) is 24.3 Å². The van der Waals surface area contributed by atoms with Crippen molar-refractivity contribution in [3.63, 3.8) is 0 Å². The van der Waals surface area contributed by atoms with Crippen LogP contribution in [0.4, 0.5) is 5.69 Å². The summed E-state index contributed by atoms with van der Waals surface area (Å²) in [7, 11) is 1.62. The highest BCUT2D eigenvalue weighted by molar-refractivity contribution is 6.04. The van der Waals surface area contributed by atoms with Crippen molar-refractivity contribution >= 4 is 17.5 Å². The van der Waals surface area contributed by atoms with Gasteiger partial charge in [-0.2, -0.15) is 0 Å². The molecule has 2 amide bonds. The zero-order valence-electron chi connectivity index (χ0n) is 20.7. The second-order valence-corrected chi connectivity index (χ2v) is 8.72. The fraction of sp³-hybridized carbons (Fsp3) is 0.357. The highest BCUT2D eigenvalue weighted by atomic mass is 16.5. The van der Waals surface area contributed by atoms with Crippen molar-refractivity contribution < 1.29 is 23.5 Å². The zero-order valence-corrected chi connectivity index (χ0v) is 20.7. The van der Waals surface area contributed by atoms with Crippen molar-refractivity contribution in [2.24, 2.45) is 0 Å². The molecule has 3 aromatic rings. The van der Waals surface area contributed by atoms with E-state index in [1.54, 1.807) is 24.1 Å². The van der Waals surface area contributed by atoms with E-state index in [9.17, 15) is 9.59 Å². The number of amides is 2. The fourth-order valence-corrected chi connectivity index (χ4v) is 4.12. The molecule has 0 unspecified atom stereocenters. The Morgan fingerprint density at radius 3 is 2.39 bits per heavy atom. The lowest BCUT2D eigenvalue weighted by molar-refractivity contribution is -0.120. The van der Waals surface area contributed by atoms with Gasteiger partial charge in [0.1, 0.15) is 5.75 Å². The van der Waals surface area contributed by atoms with E-state index >= 15 is 0 Å². The van der Waals surface area contributed by atoms with Crippen LogP contribution in [0.1, 0.15) is 28.1 Å². The Hall–Kier alpha value is -3.62. The number of benzene rings is 2. The summed E-state index contributed by atoms with van der Waals surface area (Å²) in [6.07, 6.45) is 2.70. The Morgan fingerprint density at radius 1 is 1.00 bits per heavy atom. The van der Waals surface area contributed by atoms with E-state index in [1.165, 1.54) is 6.26 Å². The molecular formula is C28H33N3O5. The van der Waals surface area contributed by atoms with Crippen LogP contribution in [-0.4, -0.2) is 63.2 Å². The minimum atomic E-state index is -0.235. The van der Waals surface area contributed by atoms with Gasteiger partial charge in [-0.05, 0) is 60.5 Å². The van der Waals surface area contributed by atoms with Gasteiger partial charge in [-0.25, -0.2) is 0 Å². The van der Waals surface area contributed by atoms with Crippen LogP contribution < -0.4 is 15.0 Å². The molecule has 1 aliphatic heterocycles. The van der Waals surface area contributed by atoms with Crippen LogP contribution in [0, 0.1) is 0 Å². The first-order valence-corrected chi connectivity index (χ1v) is 12.3. The van der Waals surface area contributed by atoms with Gasteiger partial charge < -0.3 is 24.1 Å². The predicted molar refractivity (Wildman–Crippen MR) is 137 cm³/mol. The topological polar surface area (TPSA) is 84.2 Å². The van der Waals surface area contributed by atoms with Crippen LogP contribution in [0.15, 0.2) is 71.3 Å². The van der Waals surface area contributed by atoms with E-state index in [0.717, 1.165) is 61.8 Å². The molecule has 8 nitrogen and oxygen atoms in total. The van der Waals surface area contributed by atoms with Gasteiger partial charge in [0.05, 0.1) is 39.6 Å². The first kappa shape index (κ1) is 25.5. The first-order chi connectivity index (χ1) is 17.6. The number of morpholine rings is 1. The minimum Gasteiger partial charge on any atom is -0.497 e. The standard InChI is InChI=1S/C28H33N3O5/c1-34-25-11-7-23(8-12-25)21-31(28(33)26-4-2-17-36-26)24-9-5-22(6-10-24)20-27(32)29-13-3-14-30-15-18-35-19-16-30/h2,4-12,17H,3,13-16,18-21H2,1H3,(H,29,32). The normalized spacial score (nSPS) is 13.8. The minimum absolute atomic E-state index is 0.00789. The third-order valence-corrected chi connectivity index (χ3v) is 6.17. The Labute approximate surface area is 211 Å². The molecule has 1 aromatic heterocycles. The predicted octanol–water partition coefficient (Wildman–Crippen LogP) is 3.52. The van der Waals surface area contributed by atoms with Crippen molar-refractivity contribution in [2.45, 2.75) is 19.4 Å². The summed E-state index contributed by atoms with van der Waals surface area (Å²) in [5.74, 6) is 0.781. The monoisotopic (exact) mass is 491 g/mol. The Bertz CT molecular complexity index is 1090. The average Bonchev–Trinajstić information content (AvgIpc) is 3.46. The number of anilines is 1. The maximum atomic E-state index is 13.2. The van der Waals surface area contributed by atoms with Crippen LogP contribution in [0.3, 0.4) is 0 Å². The van der Waals surface area contributed by atoms with Crippen LogP contribution in [0.25, 0.3) is 0 Å². The second kappa shape index (κ2) is 12.9. The molecule has 4 rings (SSSR count). The van der Waals surface area contributed by atoms with Crippen LogP contribution in [0.5, 0.6) is 5.75 Å². The molecule has 2 heterocycles. The highest BCUT2D eigenvalue weighted by Crippen LogP contribution is 2.22. The number of carbonyl (C=O) groups excluding carboxylic acids is 2. The number of nitrogens with zero attached hydrogens (tertiary/aromatic N) is 2. The third kappa shape index (κ3) is 7.19. The molecule has 2 aromatic carbocycles. The van der Waals surface area contributed by atoms with E-state index < -0.39 is 0 Å². The fourth-order valence-electron chi connectivity index (χ4n) is 4.12. The molecule has 0 spiro atoms. The van der Waals surface area contributed by atoms with Crippen LogP contribution in [-0.2, 0) is 22.5 Å². The average molecular weight is 492 g/mol. The van der Waals surface area contributed by atoms with E-state index in [1.807, 2.05) is 48.5 Å². The molecule has 1 aliphatic rings. The molecule has 36 heavy (non-hydrogen) atoms. The van der Waals surface area contributed by atoms with E-state index in [4.69, 9.17) is 13.9 Å². The maximum absolute atomic E-state index is 13.2. The number of carbonyl (C=O) groups is 2. The Balaban J connectivity index is 1.35. The molecule has 1 saturated heterocycles. The SMILES string of the molecule is COc1ccc(CN(C(=O)c2ccco2)c2ccc(CC(=O)NCCCN3CCOCC3)cc2)cc1. The number of ether oxygens (including phenoxy) is 2. The number of furan rings is 1. The van der Waals surface area contributed by atoms with Crippen molar-refractivity contribution in [1.82, 2.24) is 10.2 Å². The molecule has 1 fully saturated rings. The molecule has 1 N–H and O–H groups in total. The van der Waals surface area contributed by atoms with Gasteiger partial charge in [-0.3, -0.25) is 14.5 Å². The third-order valence-electron chi connectivity index (χ3n) is 6.17. The summed E-state index contributed by atoms with van der Waals surface area (Å²) in [5.41, 5.74) is 2.57. The molecule has 0 radical (unpaired) electrons. The quantitative estimate of drug-likeness (QED) is 0.413. The van der Waals surface area contributed by atoms with Gasteiger partial charge in [0.25, 0.3) is 5.91 Å². The van der Waals surface area contributed by atoms with Crippen LogP contribution in [0.2, 0.25) is 0 Å². The zero-order chi connectivity index (χ0) is 25.2. The summed E-state index contributed by atoms with van der Waals surface area (Å²) < 4.78 is 16.0. The van der Waals surface area contributed by atoms with Gasteiger partial charge in [0.15, 0.2) is 5.76 Å². The molecule has 0 saturated carbocycles. The maximum Gasteiger partial charge on any atom is 0.294 e. The van der Waals surface area contributed by atoms with Crippen molar-refractivity contribution in [3.05, 3.63) is 83.8 Å². The lowest BCUT2D eigenvalue weighted by Crippen LogP contribution is -2.38. The van der Waals surface area contributed by atoms with Gasteiger partial charge >= 0.3 is 0 Å². The summed E-state index contributed by atoms with van der Waals surface area (Å²) >= 11 is 0. The number of methoxy groups -OCH3 is 1. The number of hydrogen-bond acceptors (Lipinski definition) is 6. The molecule has 0 bridgehead atoms. The number of rotatable bonds is 11. The smallest absolute Gasteiger partial charge is 0.294 e. The van der Waals surface area contributed by atoms with Crippen LogP contribution >= 0.6 is 0 Å². The lowest BCUT2D eigenvalue weighted by Gasteiger charge is -2.26. The molecule has 190 valence electrons. The largest absolute Gasteiger partial charge is 0.497 e. The first-order valence-electron chi connectivity index (χ1n) is 12.3. The molecule has 0 atom stereocenters. The summed E-state index contributed by atoms with van der Waals surface area (Å²) in [5, 5.41) is 3.00.